The quantitative estimate of drug-likeness (QED) is 0.553. The van der Waals surface area contributed by atoms with Crippen LogP contribution in [0.1, 0.15) is 29.3 Å². The highest BCUT2D eigenvalue weighted by molar-refractivity contribution is 5.89. The van der Waals surface area contributed by atoms with E-state index in [1.54, 1.807) is 13.0 Å². The number of hydrogen-bond donors (Lipinski definition) is 0. The smallest absolute Gasteiger partial charge is 0.339 e. The first-order valence-electron chi connectivity index (χ1n) is 4.76. The number of rotatable bonds is 2. The van der Waals surface area contributed by atoms with Crippen LogP contribution in [0.15, 0.2) is 18.5 Å². The standard InChI is InChI=1S/C12H10N2O2/c1-2-16-12(15)11-7-10(8-14-9-11)5-3-4-6-13/h7-9H,2,4H2,1H3. The van der Waals surface area contributed by atoms with Gasteiger partial charge >= 0.3 is 5.97 Å². The number of pyridine rings is 1. The van der Waals surface area contributed by atoms with Gasteiger partial charge in [-0.15, -0.1) is 0 Å². The van der Waals surface area contributed by atoms with Gasteiger partial charge in [-0.3, -0.25) is 4.98 Å². The topological polar surface area (TPSA) is 63.0 Å². The molecule has 0 unspecified atom stereocenters. The Morgan fingerprint density at radius 2 is 2.38 bits per heavy atom. The monoisotopic (exact) mass is 214 g/mol. The second-order valence-electron chi connectivity index (χ2n) is 2.82. The molecule has 0 aliphatic rings. The van der Waals surface area contributed by atoms with Crippen LogP contribution in [0.25, 0.3) is 0 Å². The van der Waals surface area contributed by atoms with Crippen molar-refractivity contribution < 1.29 is 9.53 Å². The van der Waals surface area contributed by atoms with Crippen LogP contribution in [-0.2, 0) is 4.74 Å². The number of aromatic nitrogens is 1. The van der Waals surface area contributed by atoms with E-state index in [-0.39, 0.29) is 6.42 Å². The van der Waals surface area contributed by atoms with Crippen molar-refractivity contribution in [2.45, 2.75) is 13.3 Å². The van der Waals surface area contributed by atoms with Crippen LogP contribution >= 0.6 is 0 Å². The first kappa shape index (κ1) is 11.7. The van der Waals surface area contributed by atoms with Gasteiger partial charge < -0.3 is 4.74 Å². The molecule has 0 bridgehead atoms. The third kappa shape index (κ3) is 3.43. The van der Waals surface area contributed by atoms with Gasteiger partial charge in [0.15, 0.2) is 0 Å². The number of nitriles is 1. The Balaban J connectivity index is 2.84. The molecule has 4 heteroatoms. The molecule has 4 nitrogen and oxygen atoms in total. The Kier molecular flexibility index (Phi) is 4.56. The van der Waals surface area contributed by atoms with E-state index in [9.17, 15) is 4.79 Å². The highest BCUT2D eigenvalue weighted by atomic mass is 16.5. The molecule has 0 amide bonds. The molecule has 16 heavy (non-hydrogen) atoms. The highest BCUT2D eigenvalue weighted by Gasteiger charge is 2.06. The fourth-order valence-corrected chi connectivity index (χ4v) is 1.02. The molecular weight excluding hydrogens is 204 g/mol. The van der Waals surface area contributed by atoms with Crippen molar-refractivity contribution in [2.75, 3.05) is 6.61 Å². The summed E-state index contributed by atoms with van der Waals surface area (Å²) in [5.41, 5.74) is 0.964. The minimum Gasteiger partial charge on any atom is -0.462 e. The summed E-state index contributed by atoms with van der Waals surface area (Å²) < 4.78 is 4.83. The predicted molar refractivity (Wildman–Crippen MR) is 57.3 cm³/mol. The van der Waals surface area contributed by atoms with E-state index in [0.717, 1.165) is 0 Å². The summed E-state index contributed by atoms with van der Waals surface area (Å²) in [7, 11) is 0. The average molecular weight is 214 g/mol. The predicted octanol–water partition coefficient (Wildman–Crippen LogP) is 1.52. The van der Waals surface area contributed by atoms with Crippen LogP contribution in [0.3, 0.4) is 0 Å². The zero-order valence-corrected chi connectivity index (χ0v) is 8.86. The number of esters is 1. The lowest BCUT2D eigenvalue weighted by molar-refractivity contribution is 0.0526. The number of carbonyl (C=O) groups excluding carboxylic acids is 1. The number of ether oxygens (including phenoxy) is 1. The van der Waals surface area contributed by atoms with Gasteiger partial charge in [0.25, 0.3) is 0 Å². The van der Waals surface area contributed by atoms with Crippen LogP contribution in [0.4, 0.5) is 0 Å². The van der Waals surface area contributed by atoms with Gasteiger partial charge in [-0.2, -0.15) is 5.26 Å². The normalized spacial score (nSPS) is 8.50. The largest absolute Gasteiger partial charge is 0.462 e. The van der Waals surface area contributed by atoms with Gasteiger partial charge in [-0.1, -0.05) is 11.8 Å². The zero-order valence-electron chi connectivity index (χ0n) is 8.86. The number of nitrogens with zero attached hydrogens (tertiary/aromatic N) is 2. The molecule has 1 heterocycles. The van der Waals surface area contributed by atoms with Crippen molar-refractivity contribution in [1.29, 1.82) is 5.26 Å². The number of carbonyl (C=O) groups is 1. The molecule has 0 aliphatic carbocycles. The van der Waals surface area contributed by atoms with E-state index in [2.05, 4.69) is 16.8 Å². The van der Waals surface area contributed by atoms with E-state index in [0.29, 0.717) is 17.7 Å². The minimum absolute atomic E-state index is 0.156. The van der Waals surface area contributed by atoms with Crippen molar-refractivity contribution >= 4 is 5.97 Å². The Morgan fingerprint density at radius 3 is 3.06 bits per heavy atom. The maximum absolute atomic E-state index is 11.4. The van der Waals surface area contributed by atoms with E-state index in [1.807, 2.05) is 6.07 Å². The molecule has 0 aliphatic heterocycles. The Labute approximate surface area is 93.9 Å². The van der Waals surface area contributed by atoms with Gasteiger partial charge in [0.1, 0.15) is 0 Å². The summed E-state index contributed by atoms with van der Waals surface area (Å²) >= 11 is 0. The van der Waals surface area contributed by atoms with Gasteiger partial charge in [0.05, 0.1) is 24.7 Å². The third-order valence-corrected chi connectivity index (χ3v) is 1.65. The Bertz CT molecular complexity index is 478. The fraction of sp³-hybridized carbons (Fsp3) is 0.250. The van der Waals surface area contributed by atoms with E-state index < -0.39 is 5.97 Å². The third-order valence-electron chi connectivity index (χ3n) is 1.65. The highest BCUT2D eigenvalue weighted by Crippen LogP contribution is 2.03. The Morgan fingerprint density at radius 1 is 1.56 bits per heavy atom. The summed E-state index contributed by atoms with van der Waals surface area (Å²) in [5, 5.41) is 8.31. The molecule has 1 rings (SSSR count). The van der Waals surface area contributed by atoms with E-state index in [1.165, 1.54) is 12.4 Å². The van der Waals surface area contributed by atoms with Crippen LogP contribution in [0, 0.1) is 23.2 Å². The maximum Gasteiger partial charge on any atom is 0.339 e. The second-order valence-corrected chi connectivity index (χ2v) is 2.82. The molecule has 0 aromatic carbocycles. The molecule has 80 valence electrons. The van der Waals surface area contributed by atoms with Gasteiger partial charge in [-0.05, 0) is 13.0 Å². The minimum atomic E-state index is -0.418. The van der Waals surface area contributed by atoms with E-state index in [4.69, 9.17) is 10.00 Å². The van der Waals surface area contributed by atoms with Gasteiger partial charge in [0.2, 0.25) is 0 Å². The van der Waals surface area contributed by atoms with Gasteiger partial charge in [-0.25, -0.2) is 4.79 Å². The van der Waals surface area contributed by atoms with Crippen LogP contribution in [0.5, 0.6) is 0 Å². The molecule has 1 aromatic heterocycles. The molecule has 0 fully saturated rings. The number of hydrogen-bond acceptors (Lipinski definition) is 4. The van der Waals surface area contributed by atoms with Crippen LogP contribution < -0.4 is 0 Å². The van der Waals surface area contributed by atoms with Crippen molar-refractivity contribution in [3.8, 4) is 17.9 Å². The summed E-state index contributed by atoms with van der Waals surface area (Å²) in [6.45, 7) is 2.06. The van der Waals surface area contributed by atoms with Crippen molar-refractivity contribution in [3.63, 3.8) is 0 Å². The molecule has 0 atom stereocenters. The molecule has 0 saturated carbocycles. The van der Waals surface area contributed by atoms with Crippen LogP contribution in [-0.4, -0.2) is 17.6 Å². The van der Waals surface area contributed by atoms with Crippen LogP contribution in [0.2, 0.25) is 0 Å². The van der Waals surface area contributed by atoms with Crippen molar-refractivity contribution in [3.05, 3.63) is 29.6 Å². The van der Waals surface area contributed by atoms with Crippen molar-refractivity contribution in [1.82, 2.24) is 4.98 Å². The lowest BCUT2D eigenvalue weighted by atomic mass is 10.2. The molecule has 0 N–H and O–H groups in total. The lowest BCUT2D eigenvalue weighted by Crippen LogP contribution is -2.05. The SMILES string of the molecule is CCOC(=O)c1cncc(C#CCC#N)c1. The molecule has 0 radical (unpaired) electrons. The zero-order chi connectivity index (χ0) is 11.8. The maximum atomic E-state index is 11.4. The molecule has 1 aromatic rings. The average Bonchev–Trinajstić information content (AvgIpc) is 2.30. The molecule has 0 saturated heterocycles. The molecule has 0 spiro atoms. The van der Waals surface area contributed by atoms with E-state index >= 15 is 0 Å². The Hall–Kier alpha value is -2.33. The van der Waals surface area contributed by atoms with Gasteiger partial charge in [0, 0.05) is 18.0 Å². The second kappa shape index (κ2) is 6.21. The summed E-state index contributed by atoms with van der Waals surface area (Å²) in [6, 6.07) is 3.50. The first-order valence-corrected chi connectivity index (χ1v) is 4.76. The first-order chi connectivity index (χ1) is 7.77. The van der Waals surface area contributed by atoms with Crippen molar-refractivity contribution in [2.24, 2.45) is 0 Å². The molecular formula is C12H10N2O2. The summed E-state index contributed by atoms with van der Waals surface area (Å²) in [5.74, 6) is 4.97. The summed E-state index contributed by atoms with van der Waals surface area (Å²) in [4.78, 5) is 15.2. The fourth-order valence-electron chi connectivity index (χ4n) is 1.02. The lowest BCUT2D eigenvalue weighted by Gasteiger charge is -2.00. The summed E-state index contributed by atoms with van der Waals surface area (Å²) in [6.07, 6.45) is 3.12.